The highest BCUT2D eigenvalue weighted by atomic mass is 32.1. The fourth-order valence-corrected chi connectivity index (χ4v) is 0.875. The molecule has 0 atom stereocenters. The number of nitrogens with zero attached hydrogens (tertiary/aromatic N) is 1. The van der Waals surface area contributed by atoms with E-state index in [1.165, 1.54) is 11.3 Å². The van der Waals surface area contributed by atoms with E-state index in [0.717, 1.165) is 0 Å². The molecular formula is C5H6N2O3S. The molecule has 5 nitrogen and oxygen atoms in total. The van der Waals surface area contributed by atoms with E-state index >= 15 is 0 Å². The largest absolute Gasteiger partial charge is 0.483 e. The van der Waals surface area contributed by atoms with Crippen LogP contribution in [0.15, 0.2) is 10.9 Å². The Morgan fingerprint density at radius 3 is 2.55 bits per heavy atom. The van der Waals surface area contributed by atoms with Gasteiger partial charge in [-0.05, 0) is 0 Å². The van der Waals surface area contributed by atoms with Gasteiger partial charge in [0.15, 0.2) is 0 Å². The first-order valence-corrected chi connectivity index (χ1v) is 3.42. The van der Waals surface area contributed by atoms with Crippen molar-refractivity contribution in [2.75, 3.05) is 0 Å². The van der Waals surface area contributed by atoms with E-state index in [1.54, 1.807) is 10.9 Å². The Kier molecular flexibility index (Phi) is 4.67. The van der Waals surface area contributed by atoms with E-state index < -0.39 is 5.91 Å². The predicted molar refractivity (Wildman–Crippen MR) is 39.3 cm³/mol. The molecule has 1 heterocycles. The molecule has 0 aromatic carbocycles. The summed E-state index contributed by atoms with van der Waals surface area (Å²) in [6.45, 7) is -0.250. The second-order valence-corrected chi connectivity index (χ2v) is 2.06. The predicted octanol–water partition coefficient (Wildman–Crippen LogP) is -0.0572. The number of aromatic nitrogens is 1. The van der Waals surface area contributed by atoms with Gasteiger partial charge in [0.05, 0.1) is 5.51 Å². The quantitative estimate of drug-likeness (QED) is 0.583. The Balaban J connectivity index is 0.000000292. The number of thiazole rings is 1. The summed E-state index contributed by atoms with van der Waals surface area (Å²) in [5.74, 6) is -0.466. The third-order valence-corrected chi connectivity index (χ3v) is 1.27. The van der Waals surface area contributed by atoms with Gasteiger partial charge in [0.1, 0.15) is 5.69 Å². The van der Waals surface area contributed by atoms with Crippen LogP contribution in [-0.2, 0) is 4.79 Å². The molecule has 6 heteroatoms. The maximum atomic E-state index is 10.2. The molecule has 0 aliphatic heterocycles. The summed E-state index contributed by atoms with van der Waals surface area (Å²) in [5, 5.41) is 8.50. The van der Waals surface area contributed by atoms with Gasteiger partial charge in [-0.25, -0.2) is 4.98 Å². The molecule has 60 valence electrons. The van der Waals surface area contributed by atoms with Crippen molar-refractivity contribution >= 4 is 23.7 Å². The van der Waals surface area contributed by atoms with Crippen LogP contribution in [-0.4, -0.2) is 22.5 Å². The summed E-state index contributed by atoms with van der Waals surface area (Å²) < 4.78 is 0. The number of carbonyl (C=O) groups excluding carboxylic acids is 1. The standard InChI is InChI=1S/C4H4N2OS.CH2O2/c5-4(7)3-1-8-2-6-3;2-1-3/h1-2H,(H2,5,7);1H,(H,2,3). The molecule has 0 saturated heterocycles. The smallest absolute Gasteiger partial charge is 0.290 e. The number of hydrogen-bond acceptors (Lipinski definition) is 4. The van der Waals surface area contributed by atoms with Crippen molar-refractivity contribution in [1.82, 2.24) is 4.98 Å². The molecule has 0 saturated carbocycles. The third-order valence-electron chi connectivity index (χ3n) is 0.685. The van der Waals surface area contributed by atoms with Crippen LogP contribution < -0.4 is 5.73 Å². The van der Waals surface area contributed by atoms with Crippen LogP contribution in [0.1, 0.15) is 10.5 Å². The van der Waals surface area contributed by atoms with E-state index in [1.807, 2.05) is 0 Å². The van der Waals surface area contributed by atoms with Crippen molar-refractivity contribution in [3.05, 3.63) is 16.6 Å². The van der Waals surface area contributed by atoms with Crippen molar-refractivity contribution in [3.63, 3.8) is 0 Å². The number of carbonyl (C=O) groups is 2. The zero-order valence-corrected chi connectivity index (χ0v) is 6.25. The molecule has 1 aromatic heterocycles. The van der Waals surface area contributed by atoms with Crippen LogP contribution in [0.4, 0.5) is 0 Å². The minimum Gasteiger partial charge on any atom is -0.483 e. The number of primary amides is 1. The van der Waals surface area contributed by atoms with Crippen molar-refractivity contribution in [2.45, 2.75) is 0 Å². The molecule has 0 spiro atoms. The molecule has 1 amide bonds. The lowest BCUT2D eigenvalue weighted by Gasteiger charge is -1.79. The topological polar surface area (TPSA) is 93.3 Å². The van der Waals surface area contributed by atoms with Crippen LogP contribution in [0.3, 0.4) is 0 Å². The summed E-state index contributed by atoms with van der Waals surface area (Å²) in [5.41, 5.74) is 6.78. The molecule has 3 N–H and O–H groups in total. The van der Waals surface area contributed by atoms with Crippen molar-refractivity contribution in [1.29, 1.82) is 0 Å². The van der Waals surface area contributed by atoms with Gasteiger partial charge in [-0.2, -0.15) is 0 Å². The van der Waals surface area contributed by atoms with Gasteiger partial charge in [0, 0.05) is 5.38 Å². The monoisotopic (exact) mass is 174 g/mol. The maximum absolute atomic E-state index is 10.2. The molecule has 0 radical (unpaired) electrons. The van der Waals surface area contributed by atoms with Crippen LogP contribution in [0, 0.1) is 0 Å². The Bertz CT molecular complexity index is 222. The number of hydrogen-bond donors (Lipinski definition) is 2. The van der Waals surface area contributed by atoms with Crippen LogP contribution in [0.25, 0.3) is 0 Å². The van der Waals surface area contributed by atoms with Crippen LogP contribution in [0.5, 0.6) is 0 Å². The molecule has 1 aromatic rings. The average Bonchev–Trinajstić information content (AvgIpc) is 2.38. The van der Waals surface area contributed by atoms with Crippen LogP contribution in [0.2, 0.25) is 0 Å². The average molecular weight is 174 g/mol. The second kappa shape index (κ2) is 5.36. The van der Waals surface area contributed by atoms with Gasteiger partial charge in [-0.3, -0.25) is 9.59 Å². The summed E-state index contributed by atoms with van der Waals surface area (Å²) in [7, 11) is 0. The lowest BCUT2D eigenvalue weighted by Crippen LogP contribution is -2.10. The van der Waals surface area contributed by atoms with Gasteiger partial charge in [-0.1, -0.05) is 0 Å². The molecule has 0 fully saturated rings. The molecule has 1 rings (SSSR count). The third kappa shape index (κ3) is 4.04. The van der Waals surface area contributed by atoms with E-state index in [9.17, 15) is 4.79 Å². The van der Waals surface area contributed by atoms with Crippen molar-refractivity contribution < 1.29 is 14.7 Å². The summed E-state index contributed by atoms with van der Waals surface area (Å²) >= 11 is 1.36. The highest BCUT2D eigenvalue weighted by Gasteiger charge is 1.98. The first kappa shape index (κ1) is 9.57. The van der Waals surface area contributed by atoms with E-state index in [4.69, 9.17) is 15.6 Å². The lowest BCUT2D eigenvalue weighted by molar-refractivity contribution is -0.122. The summed E-state index contributed by atoms with van der Waals surface area (Å²) in [4.78, 5) is 22.2. The van der Waals surface area contributed by atoms with Crippen molar-refractivity contribution in [3.8, 4) is 0 Å². The molecule has 0 unspecified atom stereocenters. The SMILES string of the molecule is NC(=O)c1cscn1.O=CO. The van der Waals surface area contributed by atoms with Gasteiger partial charge < -0.3 is 10.8 Å². The summed E-state index contributed by atoms with van der Waals surface area (Å²) in [6.07, 6.45) is 0. The first-order valence-electron chi connectivity index (χ1n) is 2.48. The van der Waals surface area contributed by atoms with Crippen LogP contribution >= 0.6 is 11.3 Å². The lowest BCUT2D eigenvalue weighted by atomic mass is 10.5. The molecular weight excluding hydrogens is 168 g/mol. The fourth-order valence-electron chi connectivity index (χ4n) is 0.334. The number of amides is 1. The Hall–Kier alpha value is -1.43. The van der Waals surface area contributed by atoms with E-state index in [0.29, 0.717) is 5.69 Å². The minimum atomic E-state index is -0.466. The number of nitrogens with two attached hydrogens (primary N) is 1. The number of carboxylic acid groups (broad SMARTS) is 1. The Morgan fingerprint density at radius 1 is 1.82 bits per heavy atom. The summed E-state index contributed by atoms with van der Waals surface area (Å²) in [6, 6.07) is 0. The number of rotatable bonds is 1. The van der Waals surface area contributed by atoms with E-state index in [-0.39, 0.29) is 6.47 Å². The van der Waals surface area contributed by atoms with E-state index in [2.05, 4.69) is 4.98 Å². The fraction of sp³-hybridized carbons (Fsp3) is 0. The van der Waals surface area contributed by atoms with Gasteiger partial charge >= 0.3 is 0 Å². The maximum Gasteiger partial charge on any atom is 0.290 e. The molecule has 0 bridgehead atoms. The first-order chi connectivity index (χ1) is 5.22. The van der Waals surface area contributed by atoms with Gasteiger partial charge in [-0.15, -0.1) is 11.3 Å². The molecule has 0 aliphatic carbocycles. The molecule has 0 aliphatic rings. The molecule has 11 heavy (non-hydrogen) atoms. The van der Waals surface area contributed by atoms with Crippen molar-refractivity contribution in [2.24, 2.45) is 5.73 Å². The second-order valence-electron chi connectivity index (χ2n) is 1.34. The highest BCUT2D eigenvalue weighted by Crippen LogP contribution is 1.97. The van der Waals surface area contributed by atoms with Gasteiger partial charge in [0.25, 0.3) is 12.4 Å². The Morgan fingerprint density at radius 2 is 2.36 bits per heavy atom. The minimum absolute atomic E-state index is 0.250. The normalized spacial score (nSPS) is 7.64. The van der Waals surface area contributed by atoms with Gasteiger partial charge in [0.2, 0.25) is 0 Å². The highest BCUT2D eigenvalue weighted by molar-refractivity contribution is 7.07. The zero-order valence-electron chi connectivity index (χ0n) is 5.43. The Labute approximate surface area is 66.5 Å². The zero-order chi connectivity index (χ0) is 8.69.